The fraction of sp³-hybridized carbons (Fsp3) is 0.556. The molecule has 14 heavy (non-hydrogen) atoms. The van der Waals surface area contributed by atoms with E-state index < -0.39 is 12.0 Å². The Labute approximate surface area is 82.7 Å². The zero-order valence-corrected chi connectivity index (χ0v) is 8.16. The van der Waals surface area contributed by atoms with E-state index in [0.29, 0.717) is 0 Å². The third-order valence-electron chi connectivity index (χ3n) is 1.57. The summed E-state index contributed by atoms with van der Waals surface area (Å²) in [5.74, 6) is -1.39. The monoisotopic (exact) mass is 201 g/mol. The van der Waals surface area contributed by atoms with Crippen molar-refractivity contribution < 1.29 is 19.4 Å². The number of aliphatic carboxylic acids is 1. The van der Waals surface area contributed by atoms with Gasteiger partial charge in [-0.05, 0) is 6.42 Å². The molecule has 0 heterocycles. The molecule has 0 aromatic carbocycles. The Morgan fingerprint density at radius 3 is 2.71 bits per heavy atom. The number of methoxy groups -OCH3 is 1. The number of amides is 1. The Kier molecular flexibility index (Phi) is 6.39. The summed E-state index contributed by atoms with van der Waals surface area (Å²) >= 11 is 0. The van der Waals surface area contributed by atoms with E-state index >= 15 is 0 Å². The molecule has 0 saturated heterocycles. The molecule has 0 aliphatic heterocycles. The van der Waals surface area contributed by atoms with E-state index in [1.54, 1.807) is 0 Å². The molecule has 0 fully saturated rings. The number of carbonyl (C=O) groups is 2. The van der Waals surface area contributed by atoms with Crippen LogP contribution in [-0.2, 0) is 14.3 Å². The predicted molar refractivity (Wildman–Crippen MR) is 50.9 cm³/mol. The Balaban J connectivity index is 3.95. The highest BCUT2D eigenvalue weighted by Gasteiger charge is 2.17. The maximum absolute atomic E-state index is 11.1. The van der Waals surface area contributed by atoms with Crippen molar-refractivity contribution in [2.45, 2.75) is 18.9 Å². The molecule has 5 heteroatoms. The van der Waals surface area contributed by atoms with Crippen LogP contribution >= 0.6 is 0 Å². The molecule has 0 saturated carbocycles. The zero-order valence-electron chi connectivity index (χ0n) is 8.16. The fourth-order valence-electron chi connectivity index (χ4n) is 0.849. The molecular weight excluding hydrogens is 186 g/mol. The van der Waals surface area contributed by atoms with E-state index in [1.165, 1.54) is 13.2 Å². The number of nitrogens with one attached hydrogen (secondary N) is 1. The van der Waals surface area contributed by atoms with Crippen LogP contribution < -0.4 is 5.32 Å². The summed E-state index contributed by atoms with van der Waals surface area (Å²) in [6.45, 7) is 3.70. The van der Waals surface area contributed by atoms with Gasteiger partial charge in [-0.25, -0.2) is 4.79 Å². The van der Waals surface area contributed by atoms with Gasteiger partial charge in [-0.1, -0.05) is 6.08 Å². The summed E-state index contributed by atoms with van der Waals surface area (Å²) < 4.78 is 4.69. The van der Waals surface area contributed by atoms with Crippen molar-refractivity contribution in [1.82, 2.24) is 5.32 Å². The largest absolute Gasteiger partial charge is 0.480 e. The Morgan fingerprint density at radius 2 is 2.29 bits per heavy atom. The van der Waals surface area contributed by atoms with Crippen molar-refractivity contribution in [2.75, 3.05) is 13.7 Å². The van der Waals surface area contributed by atoms with Crippen LogP contribution in [0.2, 0.25) is 0 Å². The number of hydrogen-bond acceptors (Lipinski definition) is 3. The van der Waals surface area contributed by atoms with E-state index in [4.69, 9.17) is 5.11 Å². The minimum absolute atomic E-state index is 0.164. The smallest absolute Gasteiger partial charge is 0.326 e. The van der Waals surface area contributed by atoms with Gasteiger partial charge in [0.15, 0.2) is 0 Å². The third-order valence-corrected chi connectivity index (χ3v) is 1.57. The summed E-state index contributed by atoms with van der Waals surface area (Å²) in [7, 11) is 1.48. The standard InChI is InChI=1S/C9H15NO4/c1-3-4-7(9(12)13)10-8(11)5-6-14-2/h3,7H,1,4-6H2,2H3,(H,10,11)(H,12,13). The minimum Gasteiger partial charge on any atom is -0.480 e. The van der Waals surface area contributed by atoms with Gasteiger partial charge in [0.1, 0.15) is 6.04 Å². The van der Waals surface area contributed by atoms with Crippen molar-refractivity contribution in [2.24, 2.45) is 0 Å². The molecule has 0 aromatic heterocycles. The minimum atomic E-state index is -1.06. The molecule has 2 N–H and O–H groups in total. The summed E-state index contributed by atoms with van der Waals surface area (Å²) in [5, 5.41) is 11.0. The summed E-state index contributed by atoms with van der Waals surface area (Å²) in [6, 6.07) is -0.892. The van der Waals surface area contributed by atoms with Gasteiger partial charge in [0.25, 0.3) is 0 Å². The van der Waals surface area contributed by atoms with Gasteiger partial charge in [0.2, 0.25) is 5.91 Å². The van der Waals surface area contributed by atoms with Crippen LogP contribution in [0, 0.1) is 0 Å². The zero-order chi connectivity index (χ0) is 11.0. The first-order chi connectivity index (χ1) is 6.61. The molecule has 80 valence electrons. The molecule has 0 spiro atoms. The lowest BCUT2D eigenvalue weighted by atomic mass is 10.2. The van der Waals surface area contributed by atoms with Crippen LogP contribution in [0.15, 0.2) is 12.7 Å². The van der Waals surface area contributed by atoms with Gasteiger partial charge in [0, 0.05) is 13.5 Å². The fourth-order valence-corrected chi connectivity index (χ4v) is 0.849. The molecule has 0 aromatic rings. The first-order valence-corrected chi connectivity index (χ1v) is 4.23. The number of carboxylic acid groups (broad SMARTS) is 1. The Bertz CT molecular complexity index is 215. The van der Waals surface area contributed by atoms with Gasteiger partial charge in [-0.2, -0.15) is 0 Å². The van der Waals surface area contributed by atoms with Crippen molar-refractivity contribution >= 4 is 11.9 Å². The summed E-state index contributed by atoms with van der Waals surface area (Å²) in [6.07, 6.45) is 1.83. The lowest BCUT2D eigenvalue weighted by Crippen LogP contribution is -2.40. The van der Waals surface area contributed by atoms with Crippen molar-refractivity contribution in [3.05, 3.63) is 12.7 Å². The lowest BCUT2D eigenvalue weighted by Gasteiger charge is -2.11. The van der Waals surface area contributed by atoms with Gasteiger partial charge >= 0.3 is 5.97 Å². The van der Waals surface area contributed by atoms with Crippen LogP contribution in [0.25, 0.3) is 0 Å². The molecule has 1 amide bonds. The number of ether oxygens (including phenoxy) is 1. The topological polar surface area (TPSA) is 75.6 Å². The highest BCUT2D eigenvalue weighted by atomic mass is 16.5. The average Bonchev–Trinajstić information content (AvgIpc) is 2.14. The third kappa shape index (κ3) is 5.31. The predicted octanol–water partition coefficient (Wildman–Crippen LogP) is 0.168. The van der Waals surface area contributed by atoms with Crippen LogP contribution in [-0.4, -0.2) is 36.7 Å². The van der Waals surface area contributed by atoms with E-state index in [1.807, 2.05) is 0 Å². The van der Waals surface area contributed by atoms with E-state index in [0.717, 1.165) is 0 Å². The number of hydrogen-bond donors (Lipinski definition) is 2. The molecule has 0 radical (unpaired) electrons. The second-order valence-electron chi connectivity index (χ2n) is 2.73. The molecule has 0 aliphatic carbocycles. The van der Waals surface area contributed by atoms with Crippen molar-refractivity contribution in [1.29, 1.82) is 0 Å². The second kappa shape index (κ2) is 7.08. The van der Waals surface area contributed by atoms with E-state index in [2.05, 4.69) is 16.6 Å². The van der Waals surface area contributed by atoms with Crippen LogP contribution in [0.1, 0.15) is 12.8 Å². The first-order valence-electron chi connectivity index (χ1n) is 4.23. The van der Waals surface area contributed by atoms with Crippen molar-refractivity contribution in [3.63, 3.8) is 0 Å². The molecule has 0 aliphatic rings. The number of rotatable bonds is 7. The summed E-state index contributed by atoms with van der Waals surface area (Å²) in [5.41, 5.74) is 0. The molecule has 0 rings (SSSR count). The summed E-state index contributed by atoms with van der Waals surface area (Å²) in [4.78, 5) is 21.7. The highest BCUT2D eigenvalue weighted by molar-refractivity contribution is 5.83. The van der Waals surface area contributed by atoms with Crippen molar-refractivity contribution in [3.8, 4) is 0 Å². The number of carbonyl (C=O) groups excluding carboxylic acids is 1. The SMILES string of the molecule is C=CCC(NC(=O)CCOC)C(=O)O. The highest BCUT2D eigenvalue weighted by Crippen LogP contribution is 1.94. The lowest BCUT2D eigenvalue weighted by molar-refractivity contribution is -0.141. The van der Waals surface area contributed by atoms with Gasteiger partial charge in [-0.15, -0.1) is 6.58 Å². The Hall–Kier alpha value is -1.36. The maximum atomic E-state index is 11.1. The normalized spacial score (nSPS) is 11.8. The number of carboxylic acids is 1. The van der Waals surface area contributed by atoms with Gasteiger partial charge in [-0.3, -0.25) is 4.79 Å². The molecule has 1 atom stereocenters. The van der Waals surface area contributed by atoms with Crippen LogP contribution in [0.3, 0.4) is 0 Å². The quantitative estimate of drug-likeness (QED) is 0.576. The molecule has 0 bridgehead atoms. The van der Waals surface area contributed by atoms with Crippen LogP contribution in [0.4, 0.5) is 0 Å². The first kappa shape index (κ1) is 12.6. The maximum Gasteiger partial charge on any atom is 0.326 e. The second-order valence-corrected chi connectivity index (χ2v) is 2.73. The van der Waals surface area contributed by atoms with Crippen LogP contribution in [0.5, 0.6) is 0 Å². The van der Waals surface area contributed by atoms with Gasteiger partial charge in [0.05, 0.1) is 6.61 Å². The molecular formula is C9H15NO4. The van der Waals surface area contributed by atoms with Gasteiger partial charge < -0.3 is 15.2 Å². The molecule has 5 nitrogen and oxygen atoms in total. The Morgan fingerprint density at radius 1 is 1.64 bits per heavy atom. The molecule has 1 unspecified atom stereocenters. The average molecular weight is 201 g/mol. The van der Waals surface area contributed by atoms with E-state index in [9.17, 15) is 9.59 Å². The van der Waals surface area contributed by atoms with E-state index in [-0.39, 0.29) is 25.4 Å².